The van der Waals surface area contributed by atoms with E-state index in [0.717, 1.165) is 22.8 Å². The summed E-state index contributed by atoms with van der Waals surface area (Å²) in [4.78, 5) is 4.35. The summed E-state index contributed by atoms with van der Waals surface area (Å²) in [6.45, 7) is 8.26. The molecule has 0 aliphatic rings. The second kappa shape index (κ2) is 6.46. The molecule has 1 atom stereocenters. The first-order valence-corrected chi connectivity index (χ1v) is 7.88. The molecule has 0 aliphatic carbocycles. The first-order chi connectivity index (χ1) is 9.47. The molecule has 0 bridgehead atoms. The van der Waals surface area contributed by atoms with Gasteiger partial charge in [-0.25, -0.2) is 4.98 Å². The lowest BCUT2D eigenvalue weighted by Gasteiger charge is -2.12. The van der Waals surface area contributed by atoms with Gasteiger partial charge in [-0.15, -0.1) is 0 Å². The molecule has 1 heterocycles. The number of hydrogen-bond donors (Lipinski definition) is 1. The van der Waals surface area contributed by atoms with Gasteiger partial charge in [0, 0.05) is 11.8 Å². The van der Waals surface area contributed by atoms with E-state index in [1.807, 2.05) is 13.8 Å². The van der Waals surface area contributed by atoms with Crippen LogP contribution in [0, 0.1) is 13.8 Å². The molecule has 0 aliphatic heterocycles. The van der Waals surface area contributed by atoms with Gasteiger partial charge in [-0.05, 0) is 30.9 Å². The lowest BCUT2D eigenvalue weighted by atomic mass is 10.00. The fourth-order valence-electron chi connectivity index (χ4n) is 1.89. The van der Waals surface area contributed by atoms with Gasteiger partial charge in [0.1, 0.15) is 5.76 Å². The molecule has 2 N–H and O–H groups in total. The Bertz CT molecular complexity index is 541. The molecule has 0 radical (unpaired) electrons. The number of oxazole rings is 1. The number of benzene rings is 1. The van der Waals surface area contributed by atoms with E-state index in [2.05, 4.69) is 43.1 Å². The van der Waals surface area contributed by atoms with E-state index in [0.29, 0.717) is 11.1 Å². The summed E-state index contributed by atoms with van der Waals surface area (Å²) in [6.07, 6.45) is 0. The van der Waals surface area contributed by atoms with Gasteiger partial charge in [-0.2, -0.15) is 0 Å². The molecule has 0 amide bonds. The van der Waals surface area contributed by atoms with Crippen LogP contribution in [-0.2, 0) is 0 Å². The minimum atomic E-state index is -0.00581. The van der Waals surface area contributed by atoms with Crippen molar-refractivity contribution in [3.8, 4) is 0 Å². The molecule has 1 aromatic heterocycles. The smallest absolute Gasteiger partial charge is 0.256 e. The van der Waals surface area contributed by atoms with Gasteiger partial charge < -0.3 is 10.2 Å². The summed E-state index contributed by atoms with van der Waals surface area (Å²) in [6, 6.07) is 8.54. The lowest BCUT2D eigenvalue weighted by Crippen LogP contribution is -2.13. The molecule has 1 aromatic carbocycles. The van der Waals surface area contributed by atoms with Gasteiger partial charge in [0.25, 0.3) is 5.22 Å². The number of aryl methyl sites for hydroxylation is 2. The summed E-state index contributed by atoms with van der Waals surface area (Å²) in [5, 5.41) is 0.703. The maximum Gasteiger partial charge on any atom is 0.256 e. The highest BCUT2D eigenvalue weighted by Crippen LogP contribution is 2.25. The minimum absolute atomic E-state index is 0.00581. The van der Waals surface area contributed by atoms with E-state index in [4.69, 9.17) is 10.2 Å². The minimum Gasteiger partial charge on any atom is -0.437 e. The summed E-state index contributed by atoms with van der Waals surface area (Å²) in [7, 11) is 0. The summed E-state index contributed by atoms with van der Waals surface area (Å²) in [5.41, 5.74) is 9.67. The third kappa shape index (κ3) is 3.64. The van der Waals surface area contributed by atoms with Crippen LogP contribution in [-0.4, -0.2) is 10.7 Å². The SMILES string of the molecule is Cc1nc(SCC(N)c2ccc(C(C)C)cc2)oc1C. The fraction of sp³-hybridized carbons (Fsp3) is 0.438. The highest BCUT2D eigenvalue weighted by molar-refractivity contribution is 7.99. The van der Waals surface area contributed by atoms with Crippen molar-refractivity contribution >= 4 is 11.8 Å². The average Bonchev–Trinajstić information content (AvgIpc) is 2.75. The van der Waals surface area contributed by atoms with E-state index >= 15 is 0 Å². The first-order valence-electron chi connectivity index (χ1n) is 6.89. The van der Waals surface area contributed by atoms with Crippen molar-refractivity contribution in [1.29, 1.82) is 0 Å². The van der Waals surface area contributed by atoms with Gasteiger partial charge in [0.15, 0.2) is 0 Å². The molecule has 20 heavy (non-hydrogen) atoms. The van der Waals surface area contributed by atoms with Crippen molar-refractivity contribution in [1.82, 2.24) is 4.98 Å². The van der Waals surface area contributed by atoms with E-state index in [-0.39, 0.29) is 6.04 Å². The van der Waals surface area contributed by atoms with Gasteiger partial charge in [-0.1, -0.05) is 49.9 Å². The molecule has 0 spiro atoms. The number of hydrogen-bond acceptors (Lipinski definition) is 4. The van der Waals surface area contributed by atoms with Crippen molar-refractivity contribution in [3.63, 3.8) is 0 Å². The molecule has 1 unspecified atom stereocenters. The Morgan fingerprint density at radius 3 is 2.25 bits per heavy atom. The zero-order chi connectivity index (χ0) is 14.7. The monoisotopic (exact) mass is 290 g/mol. The van der Waals surface area contributed by atoms with Crippen LogP contribution in [0.15, 0.2) is 33.9 Å². The van der Waals surface area contributed by atoms with E-state index in [1.165, 1.54) is 5.56 Å². The Kier molecular flexibility index (Phi) is 4.89. The van der Waals surface area contributed by atoms with Crippen molar-refractivity contribution in [3.05, 3.63) is 46.8 Å². The molecule has 2 rings (SSSR count). The molecule has 0 saturated carbocycles. The molecular weight excluding hydrogens is 268 g/mol. The zero-order valence-electron chi connectivity index (χ0n) is 12.5. The Morgan fingerprint density at radius 1 is 1.15 bits per heavy atom. The number of aromatic nitrogens is 1. The standard InChI is InChI=1S/C16H22N2OS/c1-10(2)13-5-7-14(8-6-13)15(17)9-20-16-18-11(3)12(4)19-16/h5-8,10,15H,9,17H2,1-4H3. The summed E-state index contributed by atoms with van der Waals surface area (Å²) < 4.78 is 5.55. The quantitative estimate of drug-likeness (QED) is 0.838. The van der Waals surface area contributed by atoms with Crippen molar-refractivity contribution in [2.75, 3.05) is 5.75 Å². The maximum absolute atomic E-state index is 6.22. The summed E-state index contributed by atoms with van der Waals surface area (Å²) >= 11 is 1.57. The van der Waals surface area contributed by atoms with Gasteiger partial charge >= 0.3 is 0 Å². The topological polar surface area (TPSA) is 52.0 Å². The molecule has 2 aromatic rings. The Labute approximate surface area is 125 Å². The third-order valence-electron chi connectivity index (χ3n) is 3.43. The second-order valence-corrected chi connectivity index (χ2v) is 6.33. The van der Waals surface area contributed by atoms with E-state index in [1.54, 1.807) is 11.8 Å². The molecule has 4 heteroatoms. The fourth-order valence-corrected chi connectivity index (χ4v) is 2.79. The Morgan fingerprint density at radius 2 is 1.75 bits per heavy atom. The van der Waals surface area contributed by atoms with Crippen LogP contribution in [0.1, 0.15) is 48.4 Å². The van der Waals surface area contributed by atoms with Crippen molar-refractivity contribution in [2.24, 2.45) is 5.73 Å². The van der Waals surface area contributed by atoms with Gasteiger partial charge in [0.05, 0.1) is 5.69 Å². The molecule has 0 saturated heterocycles. The van der Waals surface area contributed by atoms with Crippen LogP contribution in [0.3, 0.4) is 0 Å². The predicted octanol–water partition coefficient (Wildman–Crippen LogP) is 4.21. The Hall–Kier alpha value is -1.26. The zero-order valence-corrected chi connectivity index (χ0v) is 13.3. The second-order valence-electron chi connectivity index (χ2n) is 5.36. The van der Waals surface area contributed by atoms with Crippen molar-refractivity contribution < 1.29 is 4.42 Å². The largest absolute Gasteiger partial charge is 0.437 e. The molecular formula is C16H22N2OS. The summed E-state index contributed by atoms with van der Waals surface area (Å²) in [5.74, 6) is 2.19. The first kappa shape index (κ1) is 15.1. The van der Waals surface area contributed by atoms with Gasteiger partial charge in [0.2, 0.25) is 0 Å². The third-order valence-corrected chi connectivity index (χ3v) is 4.37. The van der Waals surface area contributed by atoms with Crippen molar-refractivity contribution in [2.45, 2.75) is 44.9 Å². The molecule has 108 valence electrons. The van der Waals surface area contributed by atoms with Crippen LogP contribution >= 0.6 is 11.8 Å². The number of nitrogens with zero attached hydrogens (tertiary/aromatic N) is 1. The molecule has 3 nitrogen and oxygen atoms in total. The van der Waals surface area contributed by atoms with E-state index < -0.39 is 0 Å². The van der Waals surface area contributed by atoms with E-state index in [9.17, 15) is 0 Å². The number of thioether (sulfide) groups is 1. The van der Waals surface area contributed by atoms with Gasteiger partial charge in [-0.3, -0.25) is 0 Å². The lowest BCUT2D eigenvalue weighted by molar-refractivity contribution is 0.431. The predicted molar refractivity (Wildman–Crippen MR) is 84.2 cm³/mol. The highest BCUT2D eigenvalue weighted by atomic mass is 32.2. The molecule has 0 fully saturated rings. The van der Waals surface area contributed by atoms with Crippen LogP contribution in [0.2, 0.25) is 0 Å². The number of nitrogens with two attached hydrogens (primary N) is 1. The highest BCUT2D eigenvalue weighted by Gasteiger charge is 2.11. The Balaban J connectivity index is 1.95. The average molecular weight is 290 g/mol. The van der Waals surface area contributed by atoms with Crippen LogP contribution in [0.25, 0.3) is 0 Å². The van der Waals surface area contributed by atoms with Crippen LogP contribution in [0.4, 0.5) is 0 Å². The number of rotatable bonds is 5. The van der Waals surface area contributed by atoms with Crippen LogP contribution in [0.5, 0.6) is 0 Å². The maximum atomic E-state index is 6.22. The normalized spacial score (nSPS) is 12.9. The van der Waals surface area contributed by atoms with Crippen LogP contribution < -0.4 is 5.73 Å².